The Bertz CT molecular complexity index is 412. The zero-order valence-electron chi connectivity index (χ0n) is 20.4. The average Bonchev–Trinajstić information content (AvgIpc) is 2.71. The minimum absolute atomic E-state index is 0.0599. The number of ether oxygens (including phenoxy) is 2. The lowest BCUT2D eigenvalue weighted by Crippen LogP contribution is -2.34. The highest BCUT2D eigenvalue weighted by atomic mass is 16.6. The highest BCUT2D eigenvalue weighted by molar-refractivity contribution is 5.77. The van der Waals surface area contributed by atoms with Crippen LogP contribution in [0.15, 0.2) is 0 Å². The second-order valence-corrected chi connectivity index (χ2v) is 9.00. The summed E-state index contributed by atoms with van der Waals surface area (Å²) >= 11 is 0. The Kier molecular flexibility index (Phi) is 20.1. The van der Waals surface area contributed by atoms with Gasteiger partial charge in [-0.3, -0.25) is 4.79 Å². The van der Waals surface area contributed by atoms with E-state index in [1.807, 2.05) is 13.8 Å². The molecule has 0 aromatic heterocycles. The van der Waals surface area contributed by atoms with Crippen LogP contribution in [0.4, 0.5) is 4.79 Å². The zero-order chi connectivity index (χ0) is 22.5. The number of rotatable bonds is 20. The number of likely N-dealkylation sites (N-methyl/N-ethyl adjacent to an activating group) is 1. The van der Waals surface area contributed by atoms with E-state index >= 15 is 0 Å². The minimum Gasteiger partial charge on any atom is -0.464 e. The van der Waals surface area contributed by atoms with Crippen LogP contribution < -0.4 is 0 Å². The highest BCUT2D eigenvalue weighted by Gasteiger charge is 2.15. The molecule has 0 spiro atoms. The van der Waals surface area contributed by atoms with E-state index in [0.29, 0.717) is 13.2 Å². The predicted molar refractivity (Wildman–Crippen MR) is 125 cm³/mol. The third kappa shape index (κ3) is 20.0. The summed E-state index contributed by atoms with van der Waals surface area (Å²) in [6.45, 7) is 6.95. The Balaban J connectivity index is 3.35. The van der Waals surface area contributed by atoms with Gasteiger partial charge in [-0.05, 0) is 12.3 Å². The Morgan fingerprint density at radius 3 is 1.57 bits per heavy atom. The molecule has 1 amide bonds. The topological polar surface area (TPSA) is 55.8 Å². The molecule has 0 saturated carbocycles. The van der Waals surface area contributed by atoms with Gasteiger partial charge in [0.25, 0.3) is 0 Å². The van der Waals surface area contributed by atoms with Crippen molar-refractivity contribution in [2.24, 2.45) is 5.92 Å². The fourth-order valence-corrected chi connectivity index (χ4v) is 3.31. The monoisotopic (exact) mass is 427 g/mol. The fourth-order valence-electron chi connectivity index (χ4n) is 3.31. The summed E-state index contributed by atoms with van der Waals surface area (Å²) in [5.41, 5.74) is 0. The van der Waals surface area contributed by atoms with Crippen LogP contribution in [0.2, 0.25) is 0 Å². The third-order valence-corrected chi connectivity index (χ3v) is 5.23. The minimum atomic E-state index is -0.479. The van der Waals surface area contributed by atoms with Gasteiger partial charge in [0.15, 0.2) is 0 Å². The number of carbonyl (C=O) groups is 2. The van der Waals surface area contributed by atoms with Gasteiger partial charge in [0.05, 0.1) is 13.2 Å². The predicted octanol–water partition coefficient (Wildman–Crippen LogP) is 7.13. The molecule has 0 aliphatic rings. The van der Waals surface area contributed by atoms with Gasteiger partial charge in [0.2, 0.25) is 0 Å². The van der Waals surface area contributed by atoms with Crippen molar-refractivity contribution in [3.05, 3.63) is 0 Å². The third-order valence-electron chi connectivity index (χ3n) is 5.23. The van der Waals surface area contributed by atoms with Gasteiger partial charge in [-0.15, -0.1) is 0 Å². The van der Waals surface area contributed by atoms with Crippen LogP contribution in [0.1, 0.15) is 117 Å². The summed E-state index contributed by atoms with van der Waals surface area (Å²) in [5.74, 6) is -0.0937. The van der Waals surface area contributed by atoms with Crippen molar-refractivity contribution in [3.8, 4) is 0 Å². The van der Waals surface area contributed by atoms with Gasteiger partial charge in [-0.2, -0.15) is 0 Å². The number of hydrogen-bond donors (Lipinski definition) is 0. The van der Waals surface area contributed by atoms with E-state index in [9.17, 15) is 9.59 Å². The second-order valence-electron chi connectivity index (χ2n) is 9.00. The zero-order valence-corrected chi connectivity index (χ0v) is 20.4. The molecule has 0 aromatic carbocycles. The molecular weight excluding hydrogens is 378 g/mol. The quantitative estimate of drug-likeness (QED) is 0.153. The molecule has 0 heterocycles. The van der Waals surface area contributed by atoms with E-state index in [2.05, 4.69) is 6.92 Å². The molecule has 0 aromatic rings. The lowest BCUT2D eigenvalue weighted by Gasteiger charge is -2.17. The van der Waals surface area contributed by atoms with Crippen molar-refractivity contribution in [2.45, 2.75) is 117 Å². The maximum absolute atomic E-state index is 11.8. The van der Waals surface area contributed by atoms with Gasteiger partial charge >= 0.3 is 12.1 Å². The van der Waals surface area contributed by atoms with Crippen molar-refractivity contribution in [3.63, 3.8) is 0 Å². The van der Waals surface area contributed by atoms with Crippen molar-refractivity contribution in [1.82, 2.24) is 4.90 Å². The Hall–Kier alpha value is -1.26. The van der Waals surface area contributed by atoms with Crippen LogP contribution in [0.25, 0.3) is 0 Å². The van der Waals surface area contributed by atoms with E-state index < -0.39 is 6.09 Å². The smallest absolute Gasteiger partial charge is 0.410 e. The lowest BCUT2D eigenvalue weighted by atomic mass is 10.0. The molecule has 0 bridgehead atoms. The summed E-state index contributed by atoms with van der Waals surface area (Å²) in [5, 5.41) is 0. The molecule has 0 N–H and O–H groups in total. The van der Waals surface area contributed by atoms with Gasteiger partial charge in [0, 0.05) is 7.05 Å². The Labute approximate surface area is 186 Å². The molecule has 5 nitrogen and oxygen atoms in total. The number of unbranched alkanes of at least 4 members (excludes halogenated alkanes) is 14. The second kappa shape index (κ2) is 21.0. The Morgan fingerprint density at radius 2 is 1.13 bits per heavy atom. The summed E-state index contributed by atoms with van der Waals surface area (Å²) in [6, 6.07) is 0. The summed E-state index contributed by atoms with van der Waals surface area (Å²) < 4.78 is 10.3. The lowest BCUT2D eigenvalue weighted by molar-refractivity contribution is -0.144. The number of nitrogens with zero attached hydrogens (tertiary/aromatic N) is 1. The summed E-state index contributed by atoms with van der Waals surface area (Å²) in [6.07, 6.45) is 19.2. The normalized spacial score (nSPS) is 11.0. The number of esters is 1. The van der Waals surface area contributed by atoms with Crippen molar-refractivity contribution in [2.75, 3.05) is 26.8 Å². The van der Waals surface area contributed by atoms with Crippen molar-refractivity contribution >= 4 is 12.1 Å². The molecule has 0 radical (unpaired) electrons. The van der Waals surface area contributed by atoms with E-state index in [1.54, 1.807) is 7.05 Å². The SMILES string of the molecule is CCCCCCCCCCCCCCCCCOC(=O)CN(C)C(=O)OCC(C)C. The molecule has 30 heavy (non-hydrogen) atoms. The molecule has 0 saturated heterocycles. The first-order valence-electron chi connectivity index (χ1n) is 12.5. The molecule has 5 heteroatoms. The molecule has 0 atom stereocenters. The molecular formula is C25H49NO4. The molecule has 0 unspecified atom stereocenters. The van der Waals surface area contributed by atoms with Crippen LogP contribution in [-0.2, 0) is 14.3 Å². The first-order valence-corrected chi connectivity index (χ1v) is 12.5. The number of carbonyl (C=O) groups excluding carboxylic acids is 2. The van der Waals surface area contributed by atoms with Crippen LogP contribution in [0.3, 0.4) is 0 Å². The summed E-state index contributed by atoms with van der Waals surface area (Å²) in [4.78, 5) is 24.7. The first-order chi connectivity index (χ1) is 14.5. The Morgan fingerprint density at radius 1 is 0.700 bits per heavy atom. The van der Waals surface area contributed by atoms with Crippen LogP contribution in [0.5, 0.6) is 0 Å². The molecule has 0 aliphatic carbocycles. The molecule has 0 fully saturated rings. The first kappa shape index (κ1) is 28.7. The summed E-state index contributed by atoms with van der Waals surface area (Å²) in [7, 11) is 1.55. The van der Waals surface area contributed by atoms with Crippen LogP contribution in [0, 0.1) is 5.92 Å². The maximum Gasteiger partial charge on any atom is 0.410 e. The van der Waals surface area contributed by atoms with E-state index in [0.717, 1.165) is 12.8 Å². The van der Waals surface area contributed by atoms with Gasteiger partial charge in [-0.1, -0.05) is 111 Å². The molecule has 0 aliphatic heterocycles. The van der Waals surface area contributed by atoms with Gasteiger partial charge in [0.1, 0.15) is 6.54 Å². The maximum atomic E-state index is 11.8. The van der Waals surface area contributed by atoms with Crippen molar-refractivity contribution < 1.29 is 19.1 Å². The van der Waals surface area contributed by atoms with E-state index in [1.165, 1.54) is 88.4 Å². The molecule has 178 valence electrons. The largest absolute Gasteiger partial charge is 0.464 e. The standard InChI is InChI=1S/C25H49NO4/c1-5-6-7-8-9-10-11-12-13-14-15-16-17-18-19-20-29-24(27)21-26(4)25(28)30-22-23(2)3/h23H,5-22H2,1-4H3. The highest BCUT2D eigenvalue weighted by Crippen LogP contribution is 2.13. The van der Waals surface area contributed by atoms with E-state index in [-0.39, 0.29) is 18.4 Å². The molecule has 0 rings (SSSR count). The van der Waals surface area contributed by atoms with E-state index in [4.69, 9.17) is 9.47 Å². The van der Waals surface area contributed by atoms with Crippen LogP contribution in [-0.4, -0.2) is 43.8 Å². The average molecular weight is 428 g/mol. The van der Waals surface area contributed by atoms with Gasteiger partial charge < -0.3 is 14.4 Å². The van der Waals surface area contributed by atoms with Crippen molar-refractivity contribution in [1.29, 1.82) is 0 Å². The van der Waals surface area contributed by atoms with Gasteiger partial charge in [-0.25, -0.2) is 4.79 Å². The fraction of sp³-hybridized carbons (Fsp3) is 0.920. The number of hydrogen-bond acceptors (Lipinski definition) is 4. The number of amides is 1. The van der Waals surface area contributed by atoms with Crippen LogP contribution >= 0.6 is 0 Å².